The average molecular weight is 380 g/mol. The van der Waals surface area contributed by atoms with Gasteiger partial charge in [-0.05, 0) is 31.0 Å². The van der Waals surface area contributed by atoms with Crippen LogP contribution in [0.3, 0.4) is 0 Å². The molecule has 0 saturated carbocycles. The summed E-state index contributed by atoms with van der Waals surface area (Å²) < 4.78 is 5.12. The van der Waals surface area contributed by atoms with Crippen LogP contribution in [0, 0.1) is 11.8 Å². The molecule has 26 heavy (non-hydrogen) atoms. The molecule has 0 unspecified atom stereocenters. The third-order valence-electron chi connectivity index (χ3n) is 5.13. The largest absolute Gasteiger partial charge is 0.495 e. The van der Waals surface area contributed by atoms with E-state index >= 15 is 0 Å². The smallest absolute Gasteiger partial charge is 0.228 e. The number of rotatable bonds is 4. The minimum Gasteiger partial charge on any atom is -0.495 e. The van der Waals surface area contributed by atoms with E-state index in [-0.39, 0.29) is 36.0 Å². The number of hydrogen-bond donors (Lipinski definition) is 1. The van der Waals surface area contributed by atoms with Gasteiger partial charge >= 0.3 is 0 Å². The fourth-order valence-corrected chi connectivity index (χ4v) is 3.84. The molecule has 2 saturated heterocycles. The third-order valence-corrected chi connectivity index (χ3v) is 5.43. The van der Waals surface area contributed by atoms with Gasteiger partial charge in [0, 0.05) is 37.7 Å². The Kier molecular flexibility index (Phi) is 5.36. The SMILES string of the molecule is COc1ccc(N2C[C@@H](C(=O)N3CCC(C(N)=O)CC3)CC2=O)cc1Cl. The number of piperidine rings is 1. The van der Waals surface area contributed by atoms with Crippen molar-refractivity contribution in [3.05, 3.63) is 23.2 Å². The van der Waals surface area contributed by atoms with Gasteiger partial charge in [-0.15, -0.1) is 0 Å². The van der Waals surface area contributed by atoms with Crippen LogP contribution >= 0.6 is 11.6 Å². The van der Waals surface area contributed by atoms with Gasteiger partial charge in [0.25, 0.3) is 0 Å². The van der Waals surface area contributed by atoms with Crippen molar-refractivity contribution in [1.29, 1.82) is 0 Å². The van der Waals surface area contributed by atoms with Crippen LogP contribution in [-0.4, -0.2) is 49.4 Å². The first-order chi connectivity index (χ1) is 12.4. The zero-order valence-corrected chi connectivity index (χ0v) is 15.4. The van der Waals surface area contributed by atoms with E-state index in [0.717, 1.165) is 0 Å². The molecule has 1 aromatic rings. The molecule has 2 aliphatic heterocycles. The minimum atomic E-state index is -0.381. The molecule has 2 N–H and O–H groups in total. The molecule has 0 spiro atoms. The molecular formula is C18H22ClN3O4. The fraction of sp³-hybridized carbons (Fsp3) is 0.500. The summed E-state index contributed by atoms with van der Waals surface area (Å²) in [4.78, 5) is 39.7. The highest BCUT2D eigenvalue weighted by Crippen LogP contribution is 2.33. The van der Waals surface area contributed by atoms with Gasteiger partial charge in [-0.1, -0.05) is 11.6 Å². The van der Waals surface area contributed by atoms with Gasteiger partial charge in [-0.25, -0.2) is 0 Å². The number of likely N-dealkylation sites (tertiary alicyclic amines) is 1. The lowest BCUT2D eigenvalue weighted by molar-refractivity contribution is -0.138. The van der Waals surface area contributed by atoms with Gasteiger partial charge < -0.3 is 20.3 Å². The number of primary amides is 1. The van der Waals surface area contributed by atoms with Gasteiger partial charge in [0.1, 0.15) is 5.75 Å². The highest BCUT2D eigenvalue weighted by Gasteiger charge is 2.38. The van der Waals surface area contributed by atoms with Crippen LogP contribution in [0.5, 0.6) is 5.75 Å². The lowest BCUT2D eigenvalue weighted by Crippen LogP contribution is -2.44. The van der Waals surface area contributed by atoms with Crippen LogP contribution in [0.25, 0.3) is 0 Å². The van der Waals surface area contributed by atoms with E-state index in [1.807, 2.05) is 0 Å². The van der Waals surface area contributed by atoms with Crippen LogP contribution in [0.2, 0.25) is 5.02 Å². The molecule has 2 fully saturated rings. The quantitative estimate of drug-likeness (QED) is 0.856. The number of carbonyl (C=O) groups is 3. The molecule has 2 aliphatic rings. The number of nitrogens with two attached hydrogens (primary N) is 1. The number of anilines is 1. The monoisotopic (exact) mass is 379 g/mol. The van der Waals surface area contributed by atoms with Gasteiger partial charge in [-0.2, -0.15) is 0 Å². The van der Waals surface area contributed by atoms with Crippen LogP contribution in [0.4, 0.5) is 5.69 Å². The van der Waals surface area contributed by atoms with Crippen molar-refractivity contribution < 1.29 is 19.1 Å². The first-order valence-corrected chi connectivity index (χ1v) is 9.00. The number of methoxy groups -OCH3 is 1. The van der Waals surface area contributed by atoms with Crippen LogP contribution < -0.4 is 15.4 Å². The van der Waals surface area contributed by atoms with Crippen LogP contribution in [-0.2, 0) is 14.4 Å². The Bertz CT molecular complexity index is 731. The van der Waals surface area contributed by atoms with E-state index in [9.17, 15) is 14.4 Å². The van der Waals surface area contributed by atoms with Crippen molar-refractivity contribution in [2.75, 3.05) is 31.6 Å². The van der Waals surface area contributed by atoms with E-state index in [1.165, 1.54) is 7.11 Å². The van der Waals surface area contributed by atoms with Crippen LogP contribution in [0.1, 0.15) is 19.3 Å². The Balaban J connectivity index is 1.65. The Hall–Kier alpha value is -2.28. The fourth-order valence-electron chi connectivity index (χ4n) is 3.59. The molecule has 2 heterocycles. The van der Waals surface area contributed by atoms with Gasteiger partial charge in [0.15, 0.2) is 0 Å². The topological polar surface area (TPSA) is 92.9 Å². The number of halogens is 1. The number of benzene rings is 1. The maximum absolute atomic E-state index is 12.8. The van der Waals surface area contributed by atoms with E-state index in [0.29, 0.717) is 48.9 Å². The van der Waals surface area contributed by atoms with Crippen molar-refractivity contribution in [2.45, 2.75) is 19.3 Å². The summed E-state index contributed by atoms with van der Waals surface area (Å²) in [5.41, 5.74) is 5.99. The first kappa shape index (κ1) is 18.5. The molecule has 3 amide bonds. The van der Waals surface area contributed by atoms with Gasteiger partial charge in [0.2, 0.25) is 17.7 Å². The highest BCUT2D eigenvalue weighted by atomic mass is 35.5. The molecule has 1 aromatic carbocycles. The van der Waals surface area contributed by atoms with Crippen LogP contribution in [0.15, 0.2) is 18.2 Å². The Labute approximate surface area is 157 Å². The average Bonchev–Trinajstić information content (AvgIpc) is 3.02. The highest BCUT2D eigenvalue weighted by molar-refractivity contribution is 6.32. The van der Waals surface area contributed by atoms with Crippen molar-refractivity contribution in [1.82, 2.24) is 4.90 Å². The second-order valence-corrected chi connectivity index (χ2v) is 7.13. The molecular weight excluding hydrogens is 358 g/mol. The molecule has 0 radical (unpaired) electrons. The zero-order chi connectivity index (χ0) is 18.8. The molecule has 0 bridgehead atoms. The van der Waals surface area contributed by atoms with Crippen molar-refractivity contribution >= 4 is 35.0 Å². The summed E-state index contributed by atoms with van der Waals surface area (Å²) in [5.74, 6) is -0.460. The molecule has 8 heteroatoms. The molecule has 140 valence electrons. The van der Waals surface area contributed by atoms with Crippen molar-refractivity contribution in [3.63, 3.8) is 0 Å². The molecule has 1 atom stereocenters. The van der Waals surface area contributed by atoms with E-state index < -0.39 is 0 Å². The zero-order valence-electron chi connectivity index (χ0n) is 14.6. The first-order valence-electron chi connectivity index (χ1n) is 8.62. The predicted octanol–water partition coefficient (Wildman–Crippen LogP) is 1.43. The third kappa shape index (κ3) is 3.62. The number of ether oxygens (including phenoxy) is 1. The summed E-state index contributed by atoms with van der Waals surface area (Å²) in [6.07, 6.45) is 1.34. The second kappa shape index (κ2) is 7.53. The normalized spacial score (nSPS) is 21.2. The number of hydrogen-bond acceptors (Lipinski definition) is 4. The Morgan fingerprint density at radius 2 is 1.92 bits per heavy atom. The summed E-state index contributed by atoms with van der Waals surface area (Å²) in [6, 6.07) is 5.13. The molecule has 0 aliphatic carbocycles. The van der Waals surface area contributed by atoms with Gasteiger partial charge in [0.05, 0.1) is 18.1 Å². The van der Waals surface area contributed by atoms with Crippen molar-refractivity contribution in [3.8, 4) is 5.75 Å². The molecule has 7 nitrogen and oxygen atoms in total. The van der Waals surface area contributed by atoms with E-state index in [4.69, 9.17) is 22.1 Å². The molecule has 3 rings (SSSR count). The maximum Gasteiger partial charge on any atom is 0.228 e. The summed E-state index contributed by atoms with van der Waals surface area (Å²) >= 11 is 6.14. The number of nitrogens with zero attached hydrogens (tertiary/aromatic N) is 2. The molecule has 0 aromatic heterocycles. The number of amides is 3. The maximum atomic E-state index is 12.8. The lowest BCUT2D eigenvalue weighted by Gasteiger charge is -2.32. The summed E-state index contributed by atoms with van der Waals surface area (Å²) in [7, 11) is 1.53. The predicted molar refractivity (Wildman–Crippen MR) is 97.0 cm³/mol. The lowest BCUT2D eigenvalue weighted by atomic mass is 9.95. The summed E-state index contributed by atoms with van der Waals surface area (Å²) in [5, 5.41) is 0.418. The van der Waals surface area contributed by atoms with E-state index in [1.54, 1.807) is 28.0 Å². The standard InChI is InChI=1S/C18H22ClN3O4/c1-26-15-3-2-13(9-14(15)19)22-10-12(8-16(22)23)18(25)21-6-4-11(5-7-21)17(20)24/h2-3,9,11-12H,4-8,10H2,1H3,(H2,20,24)/t12-/m0/s1. The van der Waals surface area contributed by atoms with E-state index in [2.05, 4.69) is 0 Å². The van der Waals surface area contributed by atoms with Crippen molar-refractivity contribution in [2.24, 2.45) is 17.6 Å². The Morgan fingerprint density at radius 3 is 2.50 bits per heavy atom. The Morgan fingerprint density at radius 1 is 1.23 bits per heavy atom. The minimum absolute atomic E-state index is 0.0385. The summed E-state index contributed by atoms with van der Waals surface area (Å²) in [6.45, 7) is 1.34. The second-order valence-electron chi connectivity index (χ2n) is 6.73. The van der Waals surface area contributed by atoms with Gasteiger partial charge in [-0.3, -0.25) is 14.4 Å². The number of carbonyl (C=O) groups excluding carboxylic acids is 3.